The molecule has 5 heteroatoms. The van der Waals surface area contributed by atoms with Crippen LogP contribution in [0.3, 0.4) is 0 Å². The highest BCUT2D eigenvalue weighted by Crippen LogP contribution is 2.28. The summed E-state index contributed by atoms with van der Waals surface area (Å²) in [6.45, 7) is 0.253. The van der Waals surface area contributed by atoms with Crippen molar-refractivity contribution in [3.05, 3.63) is 58.6 Å². The maximum atomic E-state index is 12.4. The standard InChI is InChI=1S/C16H17BrN2O2/c1-21-15-9-12(7-8-14(15)17)19-16(20)13(10-18)11-5-3-2-4-6-11/h2-9,13H,10,18H2,1H3,(H,19,20). The molecule has 1 unspecified atom stereocenters. The zero-order valence-electron chi connectivity index (χ0n) is 11.7. The van der Waals surface area contributed by atoms with Gasteiger partial charge < -0.3 is 15.8 Å². The number of carbonyl (C=O) groups is 1. The van der Waals surface area contributed by atoms with Crippen LogP contribution in [0.4, 0.5) is 5.69 Å². The number of carbonyl (C=O) groups excluding carboxylic acids is 1. The van der Waals surface area contributed by atoms with Gasteiger partial charge in [-0.1, -0.05) is 30.3 Å². The Hall–Kier alpha value is -1.85. The van der Waals surface area contributed by atoms with Crippen LogP contribution in [-0.4, -0.2) is 19.6 Å². The minimum absolute atomic E-state index is 0.131. The van der Waals surface area contributed by atoms with Crippen molar-refractivity contribution in [2.75, 3.05) is 19.0 Å². The van der Waals surface area contributed by atoms with Gasteiger partial charge in [0.1, 0.15) is 5.75 Å². The van der Waals surface area contributed by atoms with Crippen molar-refractivity contribution in [3.63, 3.8) is 0 Å². The van der Waals surface area contributed by atoms with E-state index in [0.717, 1.165) is 10.0 Å². The van der Waals surface area contributed by atoms with E-state index in [4.69, 9.17) is 10.5 Å². The number of nitrogens with two attached hydrogens (primary N) is 1. The topological polar surface area (TPSA) is 64.3 Å². The molecular formula is C16H17BrN2O2. The first-order chi connectivity index (χ1) is 10.2. The lowest BCUT2D eigenvalue weighted by Gasteiger charge is -2.16. The van der Waals surface area contributed by atoms with Crippen molar-refractivity contribution in [1.82, 2.24) is 0 Å². The van der Waals surface area contributed by atoms with E-state index in [2.05, 4.69) is 21.2 Å². The summed E-state index contributed by atoms with van der Waals surface area (Å²) in [6.07, 6.45) is 0. The van der Waals surface area contributed by atoms with Crippen LogP contribution in [0.5, 0.6) is 5.75 Å². The van der Waals surface area contributed by atoms with E-state index < -0.39 is 0 Å². The van der Waals surface area contributed by atoms with E-state index in [-0.39, 0.29) is 18.4 Å². The fourth-order valence-electron chi connectivity index (χ4n) is 2.05. The maximum Gasteiger partial charge on any atom is 0.233 e. The highest BCUT2D eigenvalue weighted by molar-refractivity contribution is 9.10. The molecule has 0 saturated carbocycles. The van der Waals surface area contributed by atoms with Crippen LogP contribution in [0, 0.1) is 0 Å². The van der Waals surface area contributed by atoms with Gasteiger partial charge in [0.15, 0.2) is 0 Å². The van der Waals surface area contributed by atoms with E-state index in [1.165, 1.54) is 0 Å². The van der Waals surface area contributed by atoms with Crippen LogP contribution in [0.1, 0.15) is 11.5 Å². The van der Waals surface area contributed by atoms with Gasteiger partial charge in [0.05, 0.1) is 17.5 Å². The van der Waals surface area contributed by atoms with E-state index >= 15 is 0 Å². The van der Waals surface area contributed by atoms with Crippen molar-refractivity contribution < 1.29 is 9.53 Å². The van der Waals surface area contributed by atoms with E-state index in [1.54, 1.807) is 13.2 Å². The van der Waals surface area contributed by atoms with Crippen LogP contribution in [0.25, 0.3) is 0 Å². The van der Waals surface area contributed by atoms with Crippen LogP contribution in [0.2, 0.25) is 0 Å². The quantitative estimate of drug-likeness (QED) is 0.872. The lowest BCUT2D eigenvalue weighted by atomic mass is 9.98. The molecule has 2 aromatic carbocycles. The molecule has 0 fully saturated rings. The highest BCUT2D eigenvalue weighted by Gasteiger charge is 2.19. The normalized spacial score (nSPS) is 11.8. The van der Waals surface area contributed by atoms with Crippen molar-refractivity contribution in [2.45, 2.75) is 5.92 Å². The fourth-order valence-corrected chi connectivity index (χ4v) is 2.46. The predicted molar refractivity (Wildman–Crippen MR) is 87.6 cm³/mol. The van der Waals surface area contributed by atoms with Gasteiger partial charge in [-0.25, -0.2) is 0 Å². The average Bonchev–Trinajstić information content (AvgIpc) is 2.51. The number of nitrogens with one attached hydrogen (secondary N) is 1. The third kappa shape index (κ3) is 3.83. The lowest BCUT2D eigenvalue weighted by Crippen LogP contribution is -2.27. The average molecular weight is 349 g/mol. The zero-order chi connectivity index (χ0) is 15.2. The van der Waals surface area contributed by atoms with Crippen molar-refractivity contribution >= 4 is 27.5 Å². The number of hydrogen-bond donors (Lipinski definition) is 2. The van der Waals surface area contributed by atoms with E-state index in [1.807, 2.05) is 42.5 Å². The third-order valence-corrected chi connectivity index (χ3v) is 3.83. The number of benzene rings is 2. The summed E-state index contributed by atoms with van der Waals surface area (Å²) in [4.78, 5) is 12.4. The zero-order valence-corrected chi connectivity index (χ0v) is 13.3. The van der Waals surface area contributed by atoms with Gasteiger partial charge in [-0.05, 0) is 33.6 Å². The second-order valence-electron chi connectivity index (χ2n) is 4.54. The molecule has 0 aromatic heterocycles. The third-order valence-electron chi connectivity index (χ3n) is 3.17. The van der Waals surface area contributed by atoms with E-state index in [0.29, 0.717) is 11.4 Å². The molecule has 3 N–H and O–H groups in total. The molecule has 0 radical (unpaired) electrons. The second-order valence-corrected chi connectivity index (χ2v) is 5.39. The van der Waals surface area contributed by atoms with Crippen LogP contribution >= 0.6 is 15.9 Å². The monoisotopic (exact) mass is 348 g/mol. The Labute approximate surface area is 132 Å². The van der Waals surface area contributed by atoms with Gasteiger partial charge >= 0.3 is 0 Å². The summed E-state index contributed by atoms with van der Waals surface area (Å²) < 4.78 is 6.05. The number of rotatable bonds is 5. The minimum atomic E-state index is -0.374. The molecule has 0 bridgehead atoms. The molecule has 1 amide bonds. The molecule has 21 heavy (non-hydrogen) atoms. The van der Waals surface area contributed by atoms with Gasteiger partial charge in [-0.15, -0.1) is 0 Å². The van der Waals surface area contributed by atoms with Crippen LogP contribution in [0.15, 0.2) is 53.0 Å². The number of ether oxygens (including phenoxy) is 1. The molecule has 0 heterocycles. The molecule has 0 aliphatic carbocycles. The highest BCUT2D eigenvalue weighted by atomic mass is 79.9. The smallest absolute Gasteiger partial charge is 0.233 e. The first-order valence-corrected chi connectivity index (χ1v) is 7.34. The largest absolute Gasteiger partial charge is 0.495 e. The molecular weight excluding hydrogens is 332 g/mol. The maximum absolute atomic E-state index is 12.4. The van der Waals surface area contributed by atoms with E-state index in [9.17, 15) is 4.79 Å². The Bertz CT molecular complexity index is 617. The Morgan fingerprint density at radius 3 is 2.62 bits per heavy atom. The molecule has 4 nitrogen and oxygen atoms in total. The van der Waals surface area contributed by atoms with Gasteiger partial charge in [-0.2, -0.15) is 0 Å². The van der Waals surface area contributed by atoms with Gasteiger partial charge in [0.25, 0.3) is 0 Å². The first kappa shape index (κ1) is 15.5. The van der Waals surface area contributed by atoms with Gasteiger partial charge in [-0.3, -0.25) is 4.79 Å². The number of amides is 1. The predicted octanol–water partition coefficient (Wildman–Crippen LogP) is 3.14. The molecule has 2 rings (SSSR count). The Morgan fingerprint density at radius 2 is 2.00 bits per heavy atom. The van der Waals surface area contributed by atoms with Gasteiger partial charge in [0.2, 0.25) is 5.91 Å². The summed E-state index contributed by atoms with van der Waals surface area (Å²) >= 11 is 3.38. The fraction of sp³-hybridized carbons (Fsp3) is 0.188. The number of halogens is 1. The summed E-state index contributed by atoms with van der Waals surface area (Å²) in [5, 5.41) is 2.87. The van der Waals surface area contributed by atoms with Crippen LogP contribution < -0.4 is 15.8 Å². The molecule has 1 atom stereocenters. The van der Waals surface area contributed by atoms with Crippen LogP contribution in [-0.2, 0) is 4.79 Å². The second kappa shape index (κ2) is 7.24. The molecule has 2 aromatic rings. The lowest BCUT2D eigenvalue weighted by molar-refractivity contribution is -0.117. The summed E-state index contributed by atoms with van der Waals surface area (Å²) in [5.74, 6) is 0.158. The van der Waals surface area contributed by atoms with Gasteiger partial charge in [0, 0.05) is 18.3 Å². The molecule has 110 valence electrons. The minimum Gasteiger partial charge on any atom is -0.495 e. The van der Waals surface area contributed by atoms with Crippen molar-refractivity contribution in [1.29, 1.82) is 0 Å². The Morgan fingerprint density at radius 1 is 1.29 bits per heavy atom. The number of hydrogen-bond acceptors (Lipinski definition) is 3. The molecule has 0 aliphatic heterocycles. The summed E-state index contributed by atoms with van der Waals surface area (Å²) in [6, 6.07) is 14.9. The molecule has 0 saturated heterocycles. The Kier molecular flexibility index (Phi) is 5.36. The molecule has 0 spiro atoms. The molecule has 0 aliphatic rings. The first-order valence-electron chi connectivity index (χ1n) is 6.55. The van der Waals surface area contributed by atoms with Crippen molar-refractivity contribution in [2.24, 2.45) is 5.73 Å². The number of anilines is 1. The summed E-state index contributed by atoms with van der Waals surface area (Å²) in [5.41, 5.74) is 7.33. The van der Waals surface area contributed by atoms with Crippen molar-refractivity contribution in [3.8, 4) is 5.75 Å². The SMILES string of the molecule is COc1cc(NC(=O)C(CN)c2ccccc2)ccc1Br. The summed E-state index contributed by atoms with van der Waals surface area (Å²) in [7, 11) is 1.58. The number of methoxy groups -OCH3 is 1. The Balaban J connectivity index is 2.16.